The van der Waals surface area contributed by atoms with Crippen molar-refractivity contribution in [1.82, 2.24) is 4.90 Å². The Balaban J connectivity index is 2.02. The van der Waals surface area contributed by atoms with Crippen molar-refractivity contribution in [2.75, 3.05) is 25.5 Å². The molecule has 1 aromatic carbocycles. The average molecular weight is 257 g/mol. The van der Waals surface area contributed by atoms with Crippen LogP contribution in [-0.4, -0.2) is 31.1 Å². The van der Waals surface area contributed by atoms with Crippen LogP contribution in [0.15, 0.2) is 18.2 Å². The highest BCUT2D eigenvalue weighted by atomic mass is 35.5. The smallest absolute Gasteiger partial charge is 0.164 e. The Morgan fingerprint density at radius 1 is 1.35 bits per heavy atom. The fraction of sp³-hybridized carbons (Fsp3) is 0.538. The summed E-state index contributed by atoms with van der Waals surface area (Å²) in [6.45, 7) is 2.18. The molecule has 1 aliphatic heterocycles. The summed E-state index contributed by atoms with van der Waals surface area (Å²) >= 11 is 5.76. The Hall–Kier alpha value is -0.800. The fourth-order valence-corrected chi connectivity index (χ4v) is 2.39. The molecule has 1 unspecified atom stereocenters. The van der Waals surface area contributed by atoms with E-state index in [1.165, 1.54) is 0 Å². The lowest BCUT2D eigenvalue weighted by Gasteiger charge is -2.18. The fourth-order valence-electron chi connectivity index (χ4n) is 2.22. The third-order valence-electron chi connectivity index (χ3n) is 3.26. The van der Waals surface area contributed by atoms with Gasteiger partial charge in [-0.25, -0.2) is 4.39 Å². The summed E-state index contributed by atoms with van der Waals surface area (Å²) in [5.41, 5.74) is 0.520. The van der Waals surface area contributed by atoms with E-state index in [4.69, 9.17) is 11.6 Å². The van der Waals surface area contributed by atoms with Gasteiger partial charge in [-0.15, -0.1) is 0 Å². The van der Waals surface area contributed by atoms with E-state index in [0.29, 0.717) is 11.7 Å². The molecule has 1 saturated heterocycles. The number of hydrogen-bond acceptors (Lipinski definition) is 2. The van der Waals surface area contributed by atoms with Crippen molar-refractivity contribution >= 4 is 17.3 Å². The zero-order chi connectivity index (χ0) is 12.3. The first-order valence-corrected chi connectivity index (χ1v) is 6.43. The van der Waals surface area contributed by atoms with E-state index in [0.717, 1.165) is 32.4 Å². The van der Waals surface area contributed by atoms with Crippen LogP contribution < -0.4 is 5.32 Å². The molecular formula is C13H18ClFN2. The van der Waals surface area contributed by atoms with Gasteiger partial charge in [0.1, 0.15) is 0 Å². The van der Waals surface area contributed by atoms with Crippen LogP contribution in [0.2, 0.25) is 5.02 Å². The lowest BCUT2D eigenvalue weighted by molar-refractivity contribution is 0.348. The molecule has 0 bridgehead atoms. The maximum atomic E-state index is 13.7. The van der Waals surface area contributed by atoms with Gasteiger partial charge in [-0.05, 0) is 51.5 Å². The second-order valence-corrected chi connectivity index (χ2v) is 5.08. The van der Waals surface area contributed by atoms with Crippen molar-refractivity contribution in [3.8, 4) is 0 Å². The van der Waals surface area contributed by atoms with Crippen LogP contribution in [0.5, 0.6) is 0 Å². The minimum Gasteiger partial charge on any atom is -0.380 e. The van der Waals surface area contributed by atoms with E-state index in [9.17, 15) is 4.39 Å². The highest BCUT2D eigenvalue weighted by molar-refractivity contribution is 6.31. The third-order valence-corrected chi connectivity index (χ3v) is 3.55. The first kappa shape index (κ1) is 12.7. The lowest BCUT2D eigenvalue weighted by atomic mass is 10.1. The van der Waals surface area contributed by atoms with Crippen LogP contribution >= 0.6 is 11.6 Å². The summed E-state index contributed by atoms with van der Waals surface area (Å²) in [5.74, 6) is -0.341. The Bertz CT molecular complexity index is 384. The predicted molar refractivity (Wildman–Crippen MR) is 70.2 cm³/mol. The number of likely N-dealkylation sites (tertiary alicyclic amines) is 1. The van der Waals surface area contributed by atoms with Crippen molar-refractivity contribution in [3.63, 3.8) is 0 Å². The molecule has 2 nitrogen and oxygen atoms in total. The predicted octanol–water partition coefficient (Wildman–Crippen LogP) is 3.38. The van der Waals surface area contributed by atoms with Gasteiger partial charge >= 0.3 is 0 Å². The molecule has 1 aliphatic rings. The SMILES string of the molecule is CN1CCCC(Nc2cccc(Cl)c2F)CC1. The van der Waals surface area contributed by atoms with E-state index in [1.54, 1.807) is 18.2 Å². The minimum atomic E-state index is -0.341. The Kier molecular flexibility index (Phi) is 4.24. The minimum absolute atomic E-state index is 0.181. The number of halogens is 2. The normalized spacial score (nSPS) is 22.2. The third kappa shape index (κ3) is 3.33. The van der Waals surface area contributed by atoms with E-state index in [-0.39, 0.29) is 10.8 Å². The molecule has 0 radical (unpaired) electrons. The molecule has 1 fully saturated rings. The average Bonchev–Trinajstić information content (AvgIpc) is 2.50. The number of nitrogens with one attached hydrogen (secondary N) is 1. The molecule has 1 N–H and O–H groups in total. The number of hydrogen-bond donors (Lipinski definition) is 1. The summed E-state index contributed by atoms with van der Waals surface area (Å²) < 4.78 is 13.7. The Morgan fingerprint density at radius 2 is 2.18 bits per heavy atom. The molecule has 0 spiro atoms. The zero-order valence-corrected chi connectivity index (χ0v) is 10.8. The van der Waals surface area contributed by atoms with Crippen molar-refractivity contribution in [2.45, 2.75) is 25.3 Å². The second-order valence-electron chi connectivity index (χ2n) is 4.68. The molecule has 1 heterocycles. The number of anilines is 1. The monoisotopic (exact) mass is 256 g/mol. The van der Waals surface area contributed by atoms with Gasteiger partial charge in [-0.1, -0.05) is 17.7 Å². The first-order valence-electron chi connectivity index (χ1n) is 6.06. The van der Waals surface area contributed by atoms with E-state index in [2.05, 4.69) is 17.3 Å². The topological polar surface area (TPSA) is 15.3 Å². The molecule has 94 valence electrons. The van der Waals surface area contributed by atoms with Crippen LogP contribution in [0.1, 0.15) is 19.3 Å². The molecule has 4 heteroatoms. The first-order chi connectivity index (χ1) is 8.16. The highest BCUT2D eigenvalue weighted by Gasteiger charge is 2.16. The quantitative estimate of drug-likeness (QED) is 0.873. The second kappa shape index (κ2) is 5.69. The molecule has 1 aromatic rings. The van der Waals surface area contributed by atoms with E-state index >= 15 is 0 Å². The highest BCUT2D eigenvalue weighted by Crippen LogP contribution is 2.24. The van der Waals surface area contributed by atoms with Crippen LogP contribution in [-0.2, 0) is 0 Å². The van der Waals surface area contributed by atoms with Crippen LogP contribution in [0.25, 0.3) is 0 Å². The van der Waals surface area contributed by atoms with Crippen LogP contribution in [0.3, 0.4) is 0 Å². The van der Waals surface area contributed by atoms with Crippen LogP contribution in [0, 0.1) is 5.82 Å². The summed E-state index contributed by atoms with van der Waals surface area (Å²) in [4.78, 5) is 2.32. The number of benzene rings is 1. The van der Waals surface area contributed by atoms with Gasteiger partial charge in [0.2, 0.25) is 0 Å². The van der Waals surface area contributed by atoms with Crippen molar-refractivity contribution in [3.05, 3.63) is 29.0 Å². The van der Waals surface area contributed by atoms with Gasteiger partial charge in [-0.2, -0.15) is 0 Å². The molecule has 17 heavy (non-hydrogen) atoms. The van der Waals surface area contributed by atoms with Crippen molar-refractivity contribution in [1.29, 1.82) is 0 Å². The maximum absolute atomic E-state index is 13.7. The Morgan fingerprint density at radius 3 is 3.00 bits per heavy atom. The number of rotatable bonds is 2. The molecule has 1 atom stereocenters. The van der Waals surface area contributed by atoms with Gasteiger partial charge < -0.3 is 10.2 Å². The molecule has 0 aromatic heterocycles. The van der Waals surface area contributed by atoms with E-state index in [1.807, 2.05) is 0 Å². The largest absolute Gasteiger partial charge is 0.380 e. The van der Waals surface area contributed by atoms with Crippen molar-refractivity contribution < 1.29 is 4.39 Å². The molecule has 2 rings (SSSR count). The van der Waals surface area contributed by atoms with Gasteiger partial charge in [-0.3, -0.25) is 0 Å². The molecule has 0 saturated carbocycles. The Labute approximate surface area is 107 Å². The van der Waals surface area contributed by atoms with Gasteiger partial charge in [0.25, 0.3) is 0 Å². The van der Waals surface area contributed by atoms with Crippen molar-refractivity contribution in [2.24, 2.45) is 0 Å². The molecule has 0 aliphatic carbocycles. The standard InChI is InChI=1S/C13H18ClFN2/c1-17-8-3-4-10(7-9-17)16-12-6-2-5-11(14)13(12)15/h2,5-6,10,16H,3-4,7-9H2,1H3. The molecule has 0 amide bonds. The summed E-state index contributed by atoms with van der Waals surface area (Å²) in [6, 6.07) is 5.43. The van der Waals surface area contributed by atoms with Gasteiger partial charge in [0, 0.05) is 6.04 Å². The number of nitrogens with zero attached hydrogens (tertiary/aromatic N) is 1. The molecular weight excluding hydrogens is 239 g/mol. The maximum Gasteiger partial charge on any atom is 0.164 e. The summed E-state index contributed by atoms with van der Waals surface area (Å²) in [5, 5.41) is 3.45. The zero-order valence-electron chi connectivity index (χ0n) is 10.0. The summed E-state index contributed by atoms with van der Waals surface area (Å²) in [6.07, 6.45) is 3.27. The van der Waals surface area contributed by atoms with Crippen LogP contribution in [0.4, 0.5) is 10.1 Å². The van der Waals surface area contributed by atoms with Gasteiger partial charge in [0.05, 0.1) is 10.7 Å². The summed E-state index contributed by atoms with van der Waals surface area (Å²) in [7, 11) is 2.13. The lowest BCUT2D eigenvalue weighted by Crippen LogP contribution is -2.23. The van der Waals surface area contributed by atoms with E-state index < -0.39 is 0 Å². The van der Waals surface area contributed by atoms with Gasteiger partial charge in [0.15, 0.2) is 5.82 Å².